The summed E-state index contributed by atoms with van der Waals surface area (Å²) in [7, 11) is 2.05. The Morgan fingerprint density at radius 2 is 2.10 bits per heavy atom. The number of nitrogens with one attached hydrogen (secondary N) is 1. The van der Waals surface area contributed by atoms with E-state index in [4.69, 9.17) is 9.72 Å². The number of carbonyl (C=O) groups is 1. The molecule has 2 atom stereocenters. The third-order valence-corrected chi connectivity index (χ3v) is 5.73. The summed E-state index contributed by atoms with van der Waals surface area (Å²) < 4.78 is 19.3. The van der Waals surface area contributed by atoms with Gasteiger partial charge in [0.25, 0.3) is 0 Å². The van der Waals surface area contributed by atoms with Crippen LogP contribution >= 0.6 is 12.4 Å². The van der Waals surface area contributed by atoms with Crippen LogP contribution in [0, 0.1) is 12.7 Å². The standard InChI is InChI=1S/C22H26FN3O2.ClH/c1-4-28-20-11-15(5-6-17(20)23)16-9-14(2)24-18(10-16)19-12-21(27)22(25-19)7-8-26(3)13-22;/h5-6,9-11,19,25H,4,7-8,12-13H2,1-3H3;1H/t19-,22+;/m1./s1. The molecular weight excluding hydrogens is 393 g/mol. The van der Waals surface area contributed by atoms with Crippen LogP contribution in [0.3, 0.4) is 0 Å². The van der Waals surface area contributed by atoms with Crippen LogP contribution in [0.5, 0.6) is 5.75 Å². The highest BCUT2D eigenvalue weighted by Crippen LogP contribution is 2.36. The SMILES string of the molecule is CCOc1cc(-c2cc(C)nc([C@H]3CC(=O)[C@@]4(CCN(C)C4)N3)c2)ccc1F.Cl. The van der Waals surface area contributed by atoms with Gasteiger partial charge in [0.1, 0.15) is 0 Å². The summed E-state index contributed by atoms with van der Waals surface area (Å²) in [5.74, 6) is 0.150. The van der Waals surface area contributed by atoms with Crippen LogP contribution < -0.4 is 10.1 Å². The molecule has 4 rings (SSSR count). The predicted molar refractivity (Wildman–Crippen MR) is 113 cm³/mol. The number of rotatable bonds is 4. The van der Waals surface area contributed by atoms with Crippen LogP contribution in [0.2, 0.25) is 0 Å². The molecule has 29 heavy (non-hydrogen) atoms. The fourth-order valence-corrected chi connectivity index (χ4v) is 4.36. The number of hydrogen-bond donors (Lipinski definition) is 1. The molecule has 0 unspecified atom stereocenters. The molecule has 0 aliphatic carbocycles. The second-order valence-electron chi connectivity index (χ2n) is 7.89. The molecule has 2 saturated heterocycles. The highest BCUT2D eigenvalue weighted by Gasteiger charge is 2.50. The van der Waals surface area contributed by atoms with E-state index in [1.54, 1.807) is 12.1 Å². The van der Waals surface area contributed by atoms with E-state index in [0.717, 1.165) is 42.0 Å². The van der Waals surface area contributed by atoms with Crippen molar-refractivity contribution < 1.29 is 13.9 Å². The van der Waals surface area contributed by atoms with Gasteiger partial charge in [-0.2, -0.15) is 0 Å². The Morgan fingerprint density at radius 1 is 1.31 bits per heavy atom. The largest absolute Gasteiger partial charge is 0.491 e. The van der Waals surface area contributed by atoms with E-state index in [1.807, 2.05) is 33.0 Å². The minimum Gasteiger partial charge on any atom is -0.491 e. The van der Waals surface area contributed by atoms with Crippen molar-refractivity contribution in [2.75, 3.05) is 26.7 Å². The highest BCUT2D eigenvalue weighted by molar-refractivity contribution is 5.92. The van der Waals surface area contributed by atoms with Gasteiger partial charge >= 0.3 is 0 Å². The van der Waals surface area contributed by atoms with Crippen LogP contribution in [0.15, 0.2) is 30.3 Å². The van der Waals surface area contributed by atoms with Crippen molar-refractivity contribution in [3.05, 3.63) is 47.5 Å². The minimum absolute atomic E-state index is 0. The summed E-state index contributed by atoms with van der Waals surface area (Å²) in [4.78, 5) is 19.6. The number of pyridine rings is 1. The van der Waals surface area contributed by atoms with Crippen molar-refractivity contribution >= 4 is 18.2 Å². The van der Waals surface area contributed by atoms with E-state index in [0.29, 0.717) is 13.0 Å². The molecule has 3 heterocycles. The van der Waals surface area contributed by atoms with Gasteiger partial charge in [0.2, 0.25) is 0 Å². The Morgan fingerprint density at radius 3 is 2.79 bits per heavy atom. The average Bonchev–Trinajstić information content (AvgIpc) is 3.19. The molecule has 2 fully saturated rings. The summed E-state index contributed by atoms with van der Waals surface area (Å²) in [6.45, 7) is 5.85. The first-order valence-corrected chi connectivity index (χ1v) is 9.81. The number of aryl methyl sites for hydroxylation is 1. The summed E-state index contributed by atoms with van der Waals surface area (Å²) in [5, 5.41) is 3.57. The maximum Gasteiger partial charge on any atom is 0.165 e. The number of Topliss-reactive ketones (excluding diaryl/α,β-unsaturated/α-hetero) is 1. The maximum atomic E-state index is 13.9. The van der Waals surface area contributed by atoms with Crippen LogP contribution in [0.4, 0.5) is 4.39 Å². The second kappa shape index (κ2) is 8.38. The van der Waals surface area contributed by atoms with Crippen molar-refractivity contribution in [3.8, 4) is 16.9 Å². The third kappa shape index (κ3) is 4.15. The number of aromatic nitrogens is 1. The molecule has 1 spiro atoms. The lowest BCUT2D eigenvalue weighted by atomic mass is 9.95. The zero-order chi connectivity index (χ0) is 19.9. The molecule has 1 aromatic heterocycles. The Balaban J connectivity index is 0.00000240. The molecule has 0 amide bonds. The third-order valence-electron chi connectivity index (χ3n) is 5.73. The average molecular weight is 420 g/mol. The van der Waals surface area contributed by atoms with Gasteiger partial charge in [-0.15, -0.1) is 12.4 Å². The molecule has 0 saturated carbocycles. The number of carbonyl (C=O) groups excluding carboxylic acids is 1. The fourth-order valence-electron chi connectivity index (χ4n) is 4.36. The topological polar surface area (TPSA) is 54.5 Å². The van der Waals surface area contributed by atoms with Gasteiger partial charge in [-0.05, 0) is 62.7 Å². The number of likely N-dealkylation sites (tertiary alicyclic amines) is 1. The quantitative estimate of drug-likeness (QED) is 0.819. The molecule has 0 radical (unpaired) electrons. The zero-order valence-electron chi connectivity index (χ0n) is 17.0. The summed E-state index contributed by atoms with van der Waals surface area (Å²) >= 11 is 0. The zero-order valence-corrected chi connectivity index (χ0v) is 17.8. The number of hydrogen-bond acceptors (Lipinski definition) is 5. The van der Waals surface area contributed by atoms with Crippen molar-refractivity contribution in [1.29, 1.82) is 0 Å². The number of ketones is 1. The van der Waals surface area contributed by atoms with Crippen LogP contribution in [0.1, 0.15) is 37.2 Å². The van der Waals surface area contributed by atoms with Crippen LogP contribution in [-0.4, -0.2) is 48.0 Å². The molecular formula is C22H27ClFN3O2. The first-order chi connectivity index (χ1) is 13.4. The molecule has 0 bridgehead atoms. The number of benzene rings is 1. The first-order valence-electron chi connectivity index (χ1n) is 9.81. The van der Waals surface area contributed by atoms with Gasteiger partial charge in [0.05, 0.1) is 23.9 Å². The molecule has 156 valence electrons. The smallest absolute Gasteiger partial charge is 0.165 e. The van der Waals surface area contributed by atoms with E-state index in [-0.39, 0.29) is 35.8 Å². The maximum absolute atomic E-state index is 13.9. The highest BCUT2D eigenvalue weighted by atomic mass is 35.5. The lowest BCUT2D eigenvalue weighted by Crippen LogP contribution is -2.47. The Kier molecular flexibility index (Phi) is 6.27. The monoisotopic (exact) mass is 419 g/mol. The lowest BCUT2D eigenvalue weighted by Gasteiger charge is -2.23. The van der Waals surface area contributed by atoms with E-state index in [9.17, 15) is 9.18 Å². The normalized spacial score (nSPS) is 24.1. The molecule has 7 heteroatoms. The molecule has 5 nitrogen and oxygen atoms in total. The van der Waals surface area contributed by atoms with E-state index in [2.05, 4.69) is 10.2 Å². The van der Waals surface area contributed by atoms with E-state index < -0.39 is 5.54 Å². The summed E-state index contributed by atoms with van der Waals surface area (Å²) in [5.41, 5.74) is 3.10. The fraction of sp³-hybridized carbons (Fsp3) is 0.455. The van der Waals surface area contributed by atoms with Crippen LogP contribution in [0.25, 0.3) is 11.1 Å². The molecule has 2 aliphatic rings. The molecule has 1 N–H and O–H groups in total. The molecule has 2 aromatic rings. The predicted octanol–water partition coefficient (Wildman–Crippen LogP) is 3.69. The van der Waals surface area contributed by atoms with E-state index >= 15 is 0 Å². The van der Waals surface area contributed by atoms with Gasteiger partial charge in [-0.25, -0.2) is 4.39 Å². The van der Waals surface area contributed by atoms with Gasteiger partial charge in [-0.1, -0.05) is 6.07 Å². The van der Waals surface area contributed by atoms with Crippen LogP contribution in [-0.2, 0) is 4.79 Å². The number of ether oxygens (including phenoxy) is 1. The van der Waals surface area contributed by atoms with Crippen molar-refractivity contribution in [3.63, 3.8) is 0 Å². The van der Waals surface area contributed by atoms with Gasteiger partial charge in [0.15, 0.2) is 17.3 Å². The van der Waals surface area contributed by atoms with E-state index in [1.165, 1.54) is 6.07 Å². The number of halogens is 2. The van der Waals surface area contributed by atoms with Gasteiger partial charge in [0, 0.05) is 25.2 Å². The molecule has 2 aliphatic heterocycles. The summed E-state index contributed by atoms with van der Waals surface area (Å²) in [6, 6.07) is 8.77. The Labute approximate surface area is 177 Å². The van der Waals surface area contributed by atoms with Gasteiger partial charge in [-0.3, -0.25) is 15.1 Å². The second-order valence-corrected chi connectivity index (χ2v) is 7.89. The minimum atomic E-state index is -0.441. The van der Waals surface area contributed by atoms with Crippen molar-refractivity contribution in [2.45, 2.75) is 38.3 Å². The summed E-state index contributed by atoms with van der Waals surface area (Å²) in [6.07, 6.45) is 1.30. The number of nitrogens with zero attached hydrogens (tertiary/aromatic N) is 2. The first kappa shape index (κ1) is 21.7. The molecule has 1 aromatic carbocycles. The number of likely N-dealkylation sites (N-methyl/N-ethyl adjacent to an activating group) is 1. The Hall–Kier alpha value is -2.02. The van der Waals surface area contributed by atoms with Crippen molar-refractivity contribution in [2.24, 2.45) is 0 Å². The van der Waals surface area contributed by atoms with Gasteiger partial charge < -0.3 is 9.64 Å². The lowest BCUT2D eigenvalue weighted by molar-refractivity contribution is -0.122. The Bertz CT molecular complexity index is 923. The van der Waals surface area contributed by atoms with Crippen molar-refractivity contribution in [1.82, 2.24) is 15.2 Å².